The fraction of sp³-hybridized carbons (Fsp3) is 0.167. The predicted molar refractivity (Wildman–Crippen MR) is 88.8 cm³/mol. The molecule has 3 nitrogen and oxygen atoms in total. The molecule has 0 amide bonds. The van der Waals surface area contributed by atoms with Gasteiger partial charge in [-0.15, -0.1) is 0 Å². The van der Waals surface area contributed by atoms with E-state index in [0.29, 0.717) is 6.54 Å². The number of anilines is 2. The summed E-state index contributed by atoms with van der Waals surface area (Å²) in [4.78, 5) is 6.77. The maximum atomic E-state index is 5.64. The fourth-order valence-corrected chi connectivity index (χ4v) is 2.60. The van der Waals surface area contributed by atoms with E-state index in [1.807, 2.05) is 18.3 Å². The third-order valence-corrected chi connectivity index (χ3v) is 3.70. The normalized spacial score (nSPS) is 10.8. The first-order chi connectivity index (χ1) is 10.3. The van der Waals surface area contributed by atoms with E-state index in [2.05, 4.69) is 59.3 Å². The molecule has 0 spiro atoms. The van der Waals surface area contributed by atoms with Crippen LogP contribution in [0.15, 0.2) is 60.8 Å². The smallest absolute Gasteiger partial charge is 0.132 e. The van der Waals surface area contributed by atoms with Crippen LogP contribution in [-0.4, -0.2) is 11.5 Å². The van der Waals surface area contributed by atoms with E-state index >= 15 is 0 Å². The summed E-state index contributed by atoms with van der Waals surface area (Å²) in [5, 5.41) is 2.48. The molecule has 0 aliphatic heterocycles. The highest BCUT2D eigenvalue weighted by Crippen LogP contribution is 2.31. The summed E-state index contributed by atoms with van der Waals surface area (Å²) < 4.78 is 0. The summed E-state index contributed by atoms with van der Waals surface area (Å²) in [5.74, 6) is 0.950. The van der Waals surface area contributed by atoms with E-state index in [4.69, 9.17) is 5.73 Å². The molecule has 0 saturated carbocycles. The van der Waals surface area contributed by atoms with Crippen molar-refractivity contribution < 1.29 is 0 Å². The Balaban J connectivity index is 2.09. The Bertz CT molecular complexity index is 730. The van der Waals surface area contributed by atoms with E-state index in [-0.39, 0.29) is 0 Å². The van der Waals surface area contributed by atoms with Gasteiger partial charge in [0, 0.05) is 24.7 Å². The number of rotatable bonds is 4. The number of pyridine rings is 1. The van der Waals surface area contributed by atoms with Crippen molar-refractivity contribution in [2.24, 2.45) is 5.73 Å². The fourth-order valence-electron chi connectivity index (χ4n) is 2.60. The van der Waals surface area contributed by atoms with Gasteiger partial charge in [-0.2, -0.15) is 0 Å². The van der Waals surface area contributed by atoms with Gasteiger partial charge in [0.2, 0.25) is 0 Å². The third-order valence-electron chi connectivity index (χ3n) is 3.70. The molecule has 0 fully saturated rings. The third kappa shape index (κ3) is 2.60. The molecule has 3 aromatic rings. The van der Waals surface area contributed by atoms with Crippen LogP contribution >= 0.6 is 0 Å². The van der Waals surface area contributed by atoms with Crippen LogP contribution in [-0.2, 0) is 6.54 Å². The number of hydrogen-bond acceptors (Lipinski definition) is 3. The van der Waals surface area contributed by atoms with Gasteiger partial charge in [0.1, 0.15) is 5.82 Å². The maximum absolute atomic E-state index is 5.64. The molecule has 0 radical (unpaired) electrons. The Hall–Kier alpha value is -2.39. The second-order valence-electron chi connectivity index (χ2n) is 4.97. The van der Waals surface area contributed by atoms with Crippen molar-refractivity contribution in [3.8, 4) is 0 Å². The first kappa shape index (κ1) is 13.6. The zero-order valence-corrected chi connectivity index (χ0v) is 12.2. The van der Waals surface area contributed by atoms with Gasteiger partial charge in [-0.25, -0.2) is 4.98 Å². The molecule has 0 atom stereocenters. The summed E-state index contributed by atoms with van der Waals surface area (Å²) in [5.41, 5.74) is 7.87. The van der Waals surface area contributed by atoms with Gasteiger partial charge in [0.15, 0.2) is 0 Å². The molecule has 2 N–H and O–H groups in total. The van der Waals surface area contributed by atoms with Crippen LogP contribution in [0.25, 0.3) is 10.8 Å². The summed E-state index contributed by atoms with van der Waals surface area (Å²) in [6.07, 6.45) is 1.85. The second-order valence-corrected chi connectivity index (χ2v) is 4.97. The molecular formula is C18H19N3. The molecule has 1 aromatic heterocycles. The minimum atomic E-state index is 0.522. The van der Waals surface area contributed by atoms with Gasteiger partial charge in [0.25, 0.3) is 0 Å². The highest BCUT2D eigenvalue weighted by atomic mass is 15.2. The van der Waals surface area contributed by atoms with E-state index in [0.717, 1.165) is 17.9 Å². The molecule has 21 heavy (non-hydrogen) atoms. The molecule has 2 aromatic carbocycles. The van der Waals surface area contributed by atoms with Crippen molar-refractivity contribution in [3.05, 3.63) is 66.4 Å². The molecule has 0 aliphatic carbocycles. The Morgan fingerprint density at radius 1 is 1.00 bits per heavy atom. The maximum Gasteiger partial charge on any atom is 0.132 e. The minimum Gasteiger partial charge on any atom is -0.326 e. The molecule has 0 unspecified atom stereocenters. The van der Waals surface area contributed by atoms with Gasteiger partial charge in [0.05, 0.1) is 5.69 Å². The first-order valence-corrected chi connectivity index (χ1v) is 7.23. The van der Waals surface area contributed by atoms with E-state index in [1.165, 1.54) is 16.5 Å². The molecule has 1 heterocycles. The molecule has 0 bridgehead atoms. The Morgan fingerprint density at radius 3 is 2.52 bits per heavy atom. The SMILES string of the molecule is CCN(c1ccc(CN)cn1)c1cccc2ccccc12. The van der Waals surface area contributed by atoms with Crippen molar-refractivity contribution >= 4 is 22.3 Å². The van der Waals surface area contributed by atoms with Crippen LogP contribution in [0.1, 0.15) is 12.5 Å². The highest BCUT2D eigenvalue weighted by molar-refractivity contribution is 5.95. The van der Waals surface area contributed by atoms with Crippen LogP contribution in [0.5, 0.6) is 0 Å². The largest absolute Gasteiger partial charge is 0.326 e. The van der Waals surface area contributed by atoms with Crippen molar-refractivity contribution in [2.45, 2.75) is 13.5 Å². The van der Waals surface area contributed by atoms with E-state index < -0.39 is 0 Å². The molecule has 3 heteroatoms. The van der Waals surface area contributed by atoms with Crippen molar-refractivity contribution in [3.63, 3.8) is 0 Å². The molecule has 0 saturated heterocycles. The van der Waals surface area contributed by atoms with Gasteiger partial charge in [-0.1, -0.05) is 42.5 Å². The molecule has 106 valence electrons. The van der Waals surface area contributed by atoms with Crippen LogP contribution in [0, 0.1) is 0 Å². The average molecular weight is 277 g/mol. The number of fused-ring (bicyclic) bond motifs is 1. The zero-order valence-electron chi connectivity index (χ0n) is 12.2. The lowest BCUT2D eigenvalue weighted by Crippen LogP contribution is -2.17. The van der Waals surface area contributed by atoms with E-state index in [9.17, 15) is 0 Å². The van der Waals surface area contributed by atoms with Crippen LogP contribution in [0.4, 0.5) is 11.5 Å². The molecular weight excluding hydrogens is 258 g/mol. The standard InChI is InChI=1S/C18H19N3/c1-2-21(18-11-10-14(12-19)13-20-18)17-9-5-7-15-6-3-4-8-16(15)17/h3-11,13H,2,12,19H2,1H3. The summed E-state index contributed by atoms with van der Waals surface area (Å²) in [6.45, 7) is 3.52. The van der Waals surface area contributed by atoms with Gasteiger partial charge >= 0.3 is 0 Å². The first-order valence-electron chi connectivity index (χ1n) is 7.23. The lowest BCUT2D eigenvalue weighted by molar-refractivity contribution is 0.978. The zero-order chi connectivity index (χ0) is 14.7. The average Bonchev–Trinajstić information content (AvgIpc) is 2.56. The lowest BCUT2D eigenvalue weighted by atomic mass is 10.1. The van der Waals surface area contributed by atoms with E-state index in [1.54, 1.807) is 0 Å². The van der Waals surface area contributed by atoms with Gasteiger partial charge < -0.3 is 10.6 Å². The van der Waals surface area contributed by atoms with Crippen LogP contribution < -0.4 is 10.6 Å². The van der Waals surface area contributed by atoms with Crippen molar-refractivity contribution in [1.29, 1.82) is 0 Å². The number of nitrogens with zero attached hydrogens (tertiary/aromatic N) is 2. The number of benzene rings is 2. The summed E-state index contributed by atoms with van der Waals surface area (Å²) >= 11 is 0. The predicted octanol–water partition coefficient (Wildman–Crippen LogP) is 3.85. The molecule has 0 aliphatic rings. The number of aromatic nitrogens is 1. The number of hydrogen-bond donors (Lipinski definition) is 1. The summed E-state index contributed by atoms with van der Waals surface area (Å²) in [6, 6.07) is 18.9. The Morgan fingerprint density at radius 2 is 1.81 bits per heavy atom. The topological polar surface area (TPSA) is 42.1 Å². The Kier molecular flexibility index (Phi) is 3.84. The minimum absolute atomic E-state index is 0.522. The number of nitrogens with two attached hydrogens (primary N) is 1. The van der Waals surface area contributed by atoms with Gasteiger partial charge in [-0.3, -0.25) is 0 Å². The van der Waals surface area contributed by atoms with Crippen LogP contribution in [0.2, 0.25) is 0 Å². The second kappa shape index (κ2) is 5.94. The van der Waals surface area contributed by atoms with Crippen molar-refractivity contribution in [1.82, 2.24) is 4.98 Å². The highest BCUT2D eigenvalue weighted by Gasteiger charge is 2.11. The lowest BCUT2D eigenvalue weighted by Gasteiger charge is -2.24. The van der Waals surface area contributed by atoms with Crippen molar-refractivity contribution in [2.75, 3.05) is 11.4 Å². The monoisotopic (exact) mass is 277 g/mol. The quantitative estimate of drug-likeness (QED) is 0.787. The molecule has 3 rings (SSSR count). The summed E-state index contributed by atoms with van der Waals surface area (Å²) in [7, 11) is 0. The van der Waals surface area contributed by atoms with Crippen LogP contribution in [0.3, 0.4) is 0 Å². The van der Waals surface area contributed by atoms with Gasteiger partial charge in [-0.05, 0) is 30.0 Å². The Labute approximate surface area is 125 Å².